The zero-order valence-electron chi connectivity index (χ0n) is 17.1. The van der Waals surface area contributed by atoms with Crippen molar-refractivity contribution in [3.8, 4) is 11.1 Å². The van der Waals surface area contributed by atoms with E-state index in [9.17, 15) is 34.7 Å². The smallest absolute Gasteiger partial charge is 0.342 e. The summed E-state index contributed by atoms with van der Waals surface area (Å²) in [5.74, 6) is -3.82. The fraction of sp³-hybridized carbons (Fsp3) is 0.136. The molecule has 0 spiro atoms. The molecule has 11 nitrogen and oxygen atoms in total. The Morgan fingerprint density at radius 3 is 2.36 bits per heavy atom. The van der Waals surface area contributed by atoms with Gasteiger partial charge in [-0.2, -0.15) is 0 Å². The lowest BCUT2D eigenvalue weighted by Gasteiger charge is -2.30. The van der Waals surface area contributed by atoms with Gasteiger partial charge in [0.25, 0.3) is 11.2 Å². The highest BCUT2D eigenvalue weighted by Gasteiger charge is 2.29. The van der Waals surface area contributed by atoms with E-state index in [1.165, 1.54) is 12.1 Å². The molecular formula is C22H18N4O7. The predicted molar refractivity (Wildman–Crippen MR) is 119 cm³/mol. The van der Waals surface area contributed by atoms with Crippen molar-refractivity contribution in [3.63, 3.8) is 0 Å². The van der Waals surface area contributed by atoms with Crippen LogP contribution in [0.1, 0.15) is 31.8 Å². The van der Waals surface area contributed by atoms with E-state index in [0.717, 1.165) is 17.2 Å². The highest BCUT2D eigenvalue weighted by atomic mass is 16.6. The molecule has 0 fully saturated rings. The van der Waals surface area contributed by atoms with E-state index in [-0.39, 0.29) is 11.3 Å². The fourth-order valence-electron chi connectivity index (χ4n) is 4.13. The van der Waals surface area contributed by atoms with Gasteiger partial charge in [-0.1, -0.05) is 30.3 Å². The van der Waals surface area contributed by atoms with Crippen molar-refractivity contribution in [1.82, 2.24) is 4.98 Å². The van der Waals surface area contributed by atoms with Gasteiger partial charge in [0.2, 0.25) is 0 Å². The molecule has 0 saturated carbocycles. The number of nitro benzene ring substituents is 1. The fourth-order valence-corrected chi connectivity index (χ4v) is 4.13. The largest absolute Gasteiger partial charge is 0.478 e. The van der Waals surface area contributed by atoms with Crippen LogP contribution in [0.3, 0.4) is 0 Å². The quantitative estimate of drug-likeness (QED) is 0.335. The lowest BCUT2D eigenvalue weighted by Crippen LogP contribution is -2.30. The summed E-state index contributed by atoms with van der Waals surface area (Å²) in [7, 11) is 0. The van der Waals surface area contributed by atoms with Crippen molar-refractivity contribution in [2.24, 2.45) is 0 Å². The van der Waals surface area contributed by atoms with Crippen LogP contribution in [0.5, 0.6) is 0 Å². The molecule has 4 rings (SSSR count). The van der Waals surface area contributed by atoms with E-state index in [4.69, 9.17) is 5.73 Å². The number of nitrogen functional groups attached to an aromatic ring is 1. The normalized spacial score (nSPS) is 12.8. The van der Waals surface area contributed by atoms with E-state index in [1.807, 2.05) is 34.1 Å². The standard InChI is InChI=1S/C22H18N4O7/c23-19-17(21(28)29)16(18(22(30)31)20(27)24-19)12-5-6-14(15(9-12)26(32)33)25-8-7-11-3-1-2-4-13(11)10-25/h1-6,9H,7-8,10H2,(H,28,29)(H,30,31)(H3,23,24,27). The topological polar surface area (TPSA) is 180 Å². The Morgan fingerprint density at radius 1 is 1.06 bits per heavy atom. The van der Waals surface area contributed by atoms with Crippen molar-refractivity contribution in [2.45, 2.75) is 13.0 Å². The minimum atomic E-state index is -1.69. The number of nitro groups is 1. The Bertz CT molecular complexity index is 1380. The second-order valence-corrected chi connectivity index (χ2v) is 7.50. The number of carbonyl (C=O) groups is 2. The first kappa shape index (κ1) is 21.6. The van der Waals surface area contributed by atoms with Gasteiger partial charge in [0.15, 0.2) is 0 Å². The summed E-state index contributed by atoms with van der Waals surface area (Å²) in [6, 6.07) is 11.6. The number of nitrogens with zero attached hydrogens (tertiary/aromatic N) is 2. The third-order valence-electron chi connectivity index (χ3n) is 5.60. The van der Waals surface area contributed by atoms with Crippen LogP contribution in [0.25, 0.3) is 11.1 Å². The van der Waals surface area contributed by atoms with Crippen molar-refractivity contribution < 1.29 is 24.7 Å². The van der Waals surface area contributed by atoms with E-state index in [1.54, 1.807) is 0 Å². The molecule has 11 heteroatoms. The number of pyridine rings is 1. The number of nitrogens with one attached hydrogen (secondary N) is 1. The van der Waals surface area contributed by atoms with Crippen molar-refractivity contribution in [3.05, 3.63) is 85.2 Å². The molecule has 33 heavy (non-hydrogen) atoms. The molecule has 0 atom stereocenters. The molecule has 1 aliphatic heterocycles. The van der Waals surface area contributed by atoms with Gasteiger partial charge in [0.05, 0.1) is 4.92 Å². The average Bonchev–Trinajstić information content (AvgIpc) is 2.77. The first-order valence-electron chi connectivity index (χ1n) is 9.82. The first-order valence-corrected chi connectivity index (χ1v) is 9.82. The summed E-state index contributed by atoms with van der Waals surface area (Å²) in [5, 5.41) is 31.1. The molecule has 2 aromatic carbocycles. The molecular weight excluding hydrogens is 432 g/mol. The highest BCUT2D eigenvalue weighted by molar-refractivity contribution is 6.07. The van der Waals surface area contributed by atoms with Gasteiger partial charge in [0, 0.05) is 24.7 Å². The highest BCUT2D eigenvalue weighted by Crippen LogP contribution is 2.38. The number of H-pyrrole nitrogens is 1. The monoisotopic (exact) mass is 450 g/mol. The van der Waals surface area contributed by atoms with Crippen LogP contribution < -0.4 is 16.2 Å². The molecule has 168 valence electrons. The van der Waals surface area contributed by atoms with Gasteiger partial charge in [-0.25, -0.2) is 9.59 Å². The number of rotatable bonds is 5. The number of hydrogen-bond acceptors (Lipinski definition) is 7. The summed E-state index contributed by atoms with van der Waals surface area (Å²) in [4.78, 5) is 50.9. The third kappa shape index (κ3) is 3.76. The lowest BCUT2D eigenvalue weighted by molar-refractivity contribution is -0.384. The number of hydrogen-bond donors (Lipinski definition) is 4. The number of nitrogens with two attached hydrogens (primary N) is 1. The number of benzene rings is 2. The Balaban J connectivity index is 1.90. The van der Waals surface area contributed by atoms with Crippen molar-refractivity contribution in [1.29, 1.82) is 0 Å². The van der Waals surface area contributed by atoms with Gasteiger partial charge in [-0.15, -0.1) is 0 Å². The molecule has 1 aliphatic rings. The SMILES string of the molecule is Nc1[nH]c(=O)c(C(=O)O)c(-c2ccc(N3CCc4ccccc4C3)c([N+](=O)[O-])c2)c1C(=O)O. The van der Waals surface area contributed by atoms with Crippen molar-refractivity contribution >= 4 is 29.1 Å². The maximum atomic E-state index is 12.2. The molecule has 0 amide bonds. The zero-order chi connectivity index (χ0) is 23.9. The van der Waals surface area contributed by atoms with Crippen LogP contribution in [-0.4, -0.2) is 38.6 Å². The average molecular weight is 450 g/mol. The Labute approximate surface area is 185 Å². The molecule has 0 radical (unpaired) electrons. The maximum Gasteiger partial charge on any atom is 0.342 e. The molecule has 2 heterocycles. The van der Waals surface area contributed by atoms with Gasteiger partial charge in [-0.3, -0.25) is 14.9 Å². The molecule has 3 aromatic rings. The molecule has 0 aliphatic carbocycles. The van der Waals surface area contributed by atoms with Gasteiger partial charge in [0.1, 0.15) is 22.6 Å². The summed E-state index contributed by atoms with van der Waals surface area (Å²) in [6.45, 7) is 0.963. The van der Waals surface area contributed by atoms with E-state index in [0.29, 0.717) is 25.2 Å². The number of aromatic carboxylic acids is 2. The molecule has 0 saturated heterocycles. The molecule has 5 N–H and O–H groups in total. The second-order valence-electron chi connectivity index (χ2n) is 7.50. The van der Waals surface area contributed by atoms with Crippen LogP contribution in [0.2, 0.25) is 0 Å². The van der Waals surface area contributed by atoms with Crippen LogP contribution in [0, 0.1) is 10.1 Å². The zero-order valence-corrected chi connectivity index (χ0v) is 17.1. The number of carboxylic acid groups (broad SMARTS) is 2. The molecule has 0 bridgehead atoms. The Hall–Kier alpha value is -4.67. The third-order valence-corrected chi connectivity index (χ3v) is 5.60. The summed E-state index contributed by atoms with van der Waals surface area (Å²) >= 11 is 0. The van der Waals surface area contributed by atoms with Gasteiger partial charge in [-0.05, 0) is 29.2 Å². The van der Waals surface area contributed by atoms with E-state index >= 15 is 0 Å². The Kier molecular flexibility index (Phi) is 5.30. The number of carboxylic acids is 2. The summed E-state index contributed by atoms with van der Waals surface area (Å²) in [5.41, 5.74) is 4.55. The molecule has 0 unspecified atom stereocenters. The van der Waals surface area contributed by atoms with Gasteiger partial charge < -0.3 is 25.8 Å². The molecule has 1 aromatic heterocycles. The summed E-state index contributed by atoms with van der Waals surface area (Å²) in [6.07, 6.45) is 0.687. The van der Waals surface area contributed by atoms with Crippen LogP contribution in [-0.2, 0) is 13.0 Å². The van der Waals surface area contributed by atoms with E-state index in [2.05, 4.69) is 0 Å². The number of anilines is 2. The Morgan fingerprint density at radius 2 is 1.73 bits per heavy atom. The minimum Gasteiger partial charge on any atom is -0.478 e. The lowest BCUT2D eigenvalue weighted by atomic mass is 9.94. The summed E-state index contributed by atoms with van der Waals surface area (Å²) < 4.78 is 0. The van der Waals surface area contributed by atoms with Crippen LogP contribution in [0.15, 0.2) is 47.3 Å². The minimum absolute atomic E-state index is 0.115. The maximum absolute atomic E-state index is 12.2. The predicted octanol–water partition coefficient (Wildman–Crippen LogP) is 2.49. The first-order chi connectivity index (χ1) is 15.7. The van der Waals surface area contributed by atoms with Crippen molar-refractivity contribution in [2.75, 3.05) is 17.2 Å². The van der Waals surface area contributed by atoms with Crippen LogP contribution >= 0.6 is 0 Å². The van der Waals surface area contributed by atoms with Crippen LogP contribution in [0.4, 0.5) is 17.2 Å². The van der Waals surface area contributed by atoms with Gasteiger partial charge >= 0.3 is 11.9 Å². The number of aromatic nitrogens is 1. The van der Waals surface area contributed by atoms with E-state index < -0.39 is 44.9 Å². The number of aromatic amines is 1. The number of fused-ring (bicyclic) bond motifs is 1. The second kappa shape index (κ2) is 8.11.